The van der Waals surface area contributed by atoms with Crippen LogP contribution < -0.4 is 5.32 Å². The van der Waals surface area contributed by atoms with E-state index in [2.05, 4.69) is 5.32 Å². The first-order valence-electron chi connectivity index (χ1n) is 6.28. The maximum Gasteiger partial charge on any atom is 0.292 e. The highest BCUT2D eigenvalue weighted by Gasteiger charge is 2.15. The number of benzene rings is 2. The molecule has 0 heterocycles. The van der Waals surface area contributed by atoms with E-state index in [0.29, 0.717) is 18.9 Å². The lowest BCUT2D eigenvalue weighted by Crippen LogP contribution is -2.02. The molecule has 0 unspecified atom stereocenters. The van der Waals surface area contributed by atoms with E-state index in [1.165, 1.54) is 6.07 Å². The summed E-state index contributed by atoms with van der Waals surface area (Å²) in [5.74, 6) is 0. The van der Waals surface area contributed by atoms with Crippen molar-refractivity contribution in [3.05, 3.63) is 69.8 Å². The average Bonchev–Trinajstić information content (AvgIpc) is 2.48. The average molecular weight is 272 g/mol. The summed E-state index contributed by atoms with van der Waals surface area (Å²) in [6.45, 7) is 0.805. The van der Waals surface area contributed by atoms with Gasteiger partial charge in [-0.3, -0.25) is 10.1 Å². The van der Waals surface area contributed by atoms with Gasteiger partial charge in [-0.25, -0.2) is 0 Å². The summed E-state index contributed by atoms with van der Waals surface area (Å²) in [7, 11) is 1.67. The molecule has 0 bridgehead atoms. The molecule has 5 nitrogen and oxygen atoms in total. The van der Waals surface area contributed by atoms with Crippen LogP contribution in [0.1, 0.15) is 11.1 Å². The van der Waals surface area contributed by atoms with Crippen LogP contribution in [-0.2, 0) is 18.0 Å². The number of rotatable bonds is 6. The van der Waals surface area contributed by atoms with E-state index in [4.69, 9.17) is 4.74 Å². The van der Waals surface area contributed by atoms with Gasteiger partial charge in [0.2, 0.25) is 0 Å². The van der Waals surface area contributed by atoms with Gasteiger partial charge in [-0.1, -0.05) is 42.5 Å². The summed E-state index contributed by atoms with van der Waals surface area (Å²) in [4.78, 5) is 10.6. The molecule has 0 aliphatic heterocycles. The van der Waals surface area contributed by atoms with E-state index >= 15 is 0 Å². The van der Waals surface area contributed by atoms with Crippen molar-refractivity contribution < 1.29 is 9.66 Å². The standard InChI is InChI=1S/C15H16N2O3/c1-16-15-13(8-5-9-14(15)17(18)19)11-20-10-12-6-3-2-4-7-12/h2-9,16H,10-11H2,1H3. The number of nitrogens with zero attached hydrogens (tertiary/aromatic N) is 1. The van der Waals surface area contributed by atoms with Crippen molar-refractivity contribution in [1.82, 2.24) is 0 Å². The molecule has 1 N–H and O–H groups in total. The summed E-state index contributed by atoms with van der Waals surface area (Å²) in [6, 6.07) is 14.8. The molecule has 0 radical (unpaired) electrons. The first-order valence-corrected chi connectivity index (χ1v) is 6.28. The molecular formula is C15H16N2O3. The summed E-state index contributed by atoms with van der Waals surface area (Å²) >= 11 is 0. The minimum Gasteiger partial charge on any atom is -0.382 e. The molecule has 0 aromatic heterocycles. The Bertz CT molecular complexity index is 585. The zero-order valence-electron chi connectivity index (χ0n) is 11.2. The number of hydrogen-bond acceptors (Lipinski definition) is 4. The van der Waals surface area contributed by atoms with Crippen molar-refractivity contribution in [2.45, 2.75) is 13.2 Å². The Morgan fingerprint density at radius 1 is 1.10 bits per heavy atom. The predicted octanol–water partition coefficient (Wildman–Crippen LogP) is 3.35. The molecule has 20 heavy (non-hydrogen) atoms. The maximum absolute atomic E-state index is 11.0. The first kappa shape index (κ1) is 14.0. The van der Waals surface area contributed by atoms with Gasteiger partial charge in [0.1, 0.15) is 5.69 Å². The molecular weight excluding hydrogens is 256 g/mol. The summed E-state index contributed by atoms with van der Waals surface area (Å²) in [5.41, 5.74) is 2.42. The van der Waals surface area contributed by atoms with Gasteiger partial charge >= 0.3 is 0 Å². The Kier molecular flexibility index (Phi) is 4.68. The Labute approximate surface area is 117 Å². The van der Waals surface area contributed by atoms with Crippen LogP contribution in [0, 0.1) is 10.1 Å². The largest absolute Gasteiger partial charge is 0.382 e. The smallest absolute Gasteiger partial charge is 0.292 e. The minimum atomic E-state index is -0.396. The molecule has 0 aliphatic carbocycles. The van der Waals surface area contributed by atoms with Gasteiger partial charge in [-0.2, -0.15) is 0 Å². The van der Waals surface area contributed by atoms with Gasteiger partial charge in [0.05, 0.1) is 18.1 Å². The zero-order valence-corrected chi connectivity index (χ0v) is 11.2. The molecule has 104 valence electrons. The highest BCUT2D eigenvalue weighted by atomic mass is 16.6. The second-order valence-electron chi connectivity index (χ2n) is 4.30. The third-order valence-electron chi connectivity index (χ3n) is 2.94. The third-order valence-corrected chi connectivity index (χ3v) is 2.94. The number of ether oxygens (including phenoxy) is 1. The first-order chi connectivity index (χ1) is 9.72. The van der Waals surface area contributed by atoms with Crippen LogP contribution >= 0.6 is 0 Å². The topological polar surface area (TPSA) is 64.4 Å². The lowest BCUT2D eigenvalue weighted by atomic mass is 10.1. The number of hydrogen-bond donors (Lipinski definition) is 1. The van der Waals surface area contributed by atoms with Crippen LogP contribution in [0.4, 0.5) is 11.4 Å². The van der Waals surface area contributed by atoms with Crippen molar-refractivity contribution in [3.8, 4) is 0 Å². The normalized spacial score (nSPS) is 10.2. The van der Waals surface area contributed by atoms with Crippen LogP contribution in [0.2, 0.25) is 0 Å². The molecule has 0 atom stereocenters. The van der Waals surface area contributed by atoms with E-state index in [9.17, 15) is 10.1 Å². The van der Waals surface area contributed by atoms with Crippen molar-refractivity contribution in [1.29, 1.82) is 0 Å². The van der Waals surface area contributed by atoms with E-state index in [1.54, 1.807) is 13.1 Å². The highest BCUT2D eigenvalue weighted by molar-refractivity contribution is 5.65. The molecule has 5 heteroatoms. The molecule has 0 amide bonds. The lowest BCUT2D eigenvalue weighted by molar-refractivity contribution is -0.384. The van der Waals surface area contributed by atoms with E-state index < -0.39 is 4.92 Å². The van der Waals surface area contributed by atoms with Gasteiger partial charge in [0, 0.05) is 18.7 Å². The van der Waals surface area contributed by atoms with Gasteiger partial charge < -0.3 is 10.1 Å². The monoisotopic (exact) mass is 272 g/mol. The number of para-hydroxylation sites is 1. The van der Waals surface area contributed by atoms with Gasteiger partial charge in [-0.15, -0.1) is 0 Å². The SMILES string of the molecule is CNc1c(COCc2ccccc2)cccc1[N+](=O)[O-]. The predicted molar refractivity (Wildman–Crippen MR) is 77.6 cm³/mol. The van der Waals surface area contributed by atoms with Crippen LogP contribution in [0.25, 0.3) is 0 Å². The summed E-state index contributed by atoms with van der Waals surface area (Å²) < 4.78 is 5.62. The van der Waals surface area contributed by atoms with Crippen LogP contribution in [0.15, 0.2) is 48.5 Å². The van der Waals surface area contributed by atoms with Crippen molar-refractivity contribution in [2.24, 2.45) is 0 Å². The van der Waals surface area contributed by atoms with Crippen molar-refractivity contribution in [3.63, 3.8) is 0 Å². The number of anilines is 1. The fourth-order valence-corrected chi connectivity index (χ4v) is 2.00. The number of nitro benzene ring substituents is 1. The van der Waals surface area contributed by atoms with Crippen LogP contribution in [-0.4, -0.2) is 12.0 Å². The fraction of sp³-hybridized carbons (Fsp3) is 0.200. The number of nitrogens with one attached hydrogen (secondary N) is 1. The molecule has 2 aromatic rings. The van der Waals surface area contributed by atoms with Crippen LogP contribution in [0.5, 0.6) is 0 Å². The van der Waals surface area contributed by atoms with E-state index in [1.807, 2.05) is 36.4 Å². The minimum absolute atomic E-state index is 0.0633. The third kappa shape index (κ3) is 3.33. The maximum atomic E-state index is 11.0. The molecule has 2 aromatic carbocycles. The summed E-state index contributed by atoms with van der Waals surface area (Å²) in [5, 5.41) is 13.8. The Balaban J connectivity index is 2.06. The quantitative estimate of drug-likeness (QED) is 0.647. The van der Waals surface area contributed by atoms with E-state index in [0.717, 1.165) is 11.1 Å². The van der Waals surface area contributed by atoms with Gasteiger partial charge in [-0.05, 0) is 5.56 Å². The Hall–Kier alpha value is -2.40. The molecule has 0 fully saturated rings. The second kappa shape index (κ2) is 6.68. The molecule has 0 spiro atoms. The lowest BCUT2D eigenvalue weighted by Gasteiger charge is -2.10. The van der Waals surface area contributed by atoms with Crippen LogP contribution in [0.3, 0.4) is 0 Å². The summed E-state index contributed by atoms with van der Waals surface area (Å²) in [6.07, 6.45) is 0. The molecule has 2 rings (SSSR count). The van der Waals surface area contributed by atoms with Crippen molar-refractivity contribution in [2.75, 3.05) is 12.4 Å². The van der Waals surface area contributed by atoms with Gasteiger partial charge in [0.25, 0.3) is 5.69 Å². The molecule has 0 saturated heterocycles. The Morgan fingerprint density at radius 3 is 2.50 bits per heavy atom. The second-order valence-corrected chi connectivity index (χ2v) is 4.30. The fourth-order valence-electron chi connectivity index (χ4n) is 2.00. The Morgan fingerprint density at radius 2 is 1.85 bits per heavy atom. The van der Waals surface area contributed by atoms with Crippen molar-refractivity contribution >= 4 is 11.4 Å². The zero-order chi connectivity index (χ0) is 14.4. The molecule has 0 saturated carbocycles. The number of nitro groups is 1. The van der Waals surface area contributed by atoms with E-state index in [-0.39, 0.29) is 5.69 Å². The molecule has 0 aliphatic rings. The van der Waals surface area contributed by atoms with Gasteiger partial charge in [0.15, 0.2) is 0 Å². The highest BCUT2D eigenvalue weighted by Crippen LogP contribution is 2.28.